The van der Waals surface area contributed by atoms with Gasteiger partial charge in [0.15, 0.2) is 0 Å². The average molecular weight is 386 g/mol. The molecule has 0 N–H and O–H groups in total. The minimum atomic E-state index is -4.27. The fraction of sp³-hybridized carbons (Fsp3) is 0.857. The van der Waals surface area contributed by atoms with Gasteiger partial charge in [0.1, 0.15) is 0 Å². The molecule has 0 fully saturated rings. The lowest BCUT2D eigenvalue weighted by molar-refractivity contribution is -0.110. The number of hydrogen-bond acceptors (Lipinski definition) is 10. The van der Waals surface area contributed by atoms with Gasteiger partial charge in [-0.3, -0.25) is 4.52 Å². The molecule has 0 aliphatic rings. The lowest BCUT2D eigenvalue weighted by Crippen LogP contribution is -2.26. The van der Waals surface area contributed by atoms with Crippen molar-refractivity contribution in [3.05, 3.63) is 0 Å². The predicted octanol–water partition coefficient (Wildman–Crippen LogP) is 3.98. The number of phosphoric acid groups is 1. The molecule has 0 aromatic rings. The lowest BCUT2D eigenvalue weighted by atomic mass is 10.2. The third kappa shape index (κ3) is 11.8. The summed E-state index contributed by atoms with van der Waals surface area (Å²) in [7, 11) is -4.27. The van der Waals surface area contributed by atoms with Gasteiger partial charge in [0.2, 0.25) is 12.6 Å². The molecule has 10 nitrogen and oxygen atoms in total. The summed E-state index contributed by atoms with van der Waals surface area (Å²) in [6.07, 6.45) is -4.62. The molecule has 0 aliphatic heterocycles. The van der Waals surface area contributed by atoms with Crippen molar-refractivity contribution in [3.63, 3.8) is 0 Å². The van der Waals surface area contributed by atoms with E-state index in [1.165, 1.54) is 13.8 Å². The Hall–Kier alpha value is -1.35. The molecule has 2 atom stereocenters. The van der Waals surface area contributed by atoms with E-state index < -0.39 is 38.3 Å². The highest BCUT2D eigenvalue weighted by Gasteiger charge is 2.38. The lowest BCUT2D eigenvalue weighted by Gasteiger charge is -2.29. The molecule has 0 aromatic heterocycles. The Bertz CT molecular complexity index is 441. The van der Waals surface area contributed by atoms with Crippen molar-refractivity contribution in [2.75, 3.05) is 13.2 Å². The molecule has 0 saturated heterocycles. The van der Waals surface area contributed by atoms with E-state index in [0.29, 0.717) is 0 Å². The van der Waals surface area contributed by atoms with Crippen molar-refractivity contribution in [2.45, 2.75) is 66.6 Å². The van der Waals surface area contributed by atoms with Crippen LogP contribution in [0.2, 0.25) is 0 Å². The zero-order valence-electron chi connectivity index (χ0n) is 15.6. The van der Waals surface area contributed by atoms with Crippen LogP contribution in [-0.2, 0) is 37.1 Å². The average Bonchev–Trinajstić information content (AvgIpc) is 2.34. The summed E-state index contributed by atoms with van der Waals surface area (Å²) in [4.78, 5) is 22.6. The molecule has 0 heterocycles. The van der Waals surface area contributed by atoms with Gasteiger partial charge < -0.3 is 18.9 Å². The van der Waals surface area contributed by atoms with E-state index in [1.807, 2.05) is 0 Å². The van der Waals surface area contributed by atoms with Gasteiger partial charge in [0, 0.05) is 0 Å². The minimum absolute atomic E-state index is 0.0998. The van der Waals surface area contributed by atoms with Crippen LogP contribution in [0, 0.1) is 0 Å². The molecule has 148 valence electrons. The summed E-state index contributed by atoms with van der Waals surface area (Å²) in [6, 6.07) is 0. The van der Waals surface area contributed by atoms with Crippen molar-refractivity contribution in [1.82, 2.24) is 0 Å². The van der Waals surface area contributed by atoms with Crippen LogP contribution in [0.25, 0.3) is 0 Å². The second-order valence-corrected chi connectivity index (χ2v) is 7.10. The maximum absolute atomic E-state index is 12.8. The highest BCUT2D eigenvalue weighted by atomic mass is 31.2. The zero-order chi connectivity index (χ0) is 19.7. The van der Waals surface area contributed by atoms with Crippen molar-refractivity contribution in [1.29, 1.82) is 0 Å². The first-order valence-corrected chi connectivity index (χ1v) is 9.21. The van der Waals surface area contributed by atoms with E-state index >= 15 is 0 Å². The topological polar surface area (TPSA) is 116 Å². The van der Waals surface area contributed by atoms with Gasteiger partial charge in [-0.2, -0.15) is 0 Å². The first kappa shape index (κ1) is 23.6. The zero-order valence-corrected chi connectivity index (χ0v) is 16.5. The summed E-state index contributed by atoms with van der Waals surface area (Å²) in [6.45, 7) is 10.8. The third-order valence-corrected chi connectivity index (χ3v) is 3.87. The summed E-state index contributed by atoms with van der Waals surface area (Å²) in [5, 5.41) is 0. The van der Waals surface area contributed by atoms with Crippen LogP contribution in [0.1, 0.15) is 48.5 Å². The first-order valence-electron chi connectivity index (χ1n) is 7.75. The molecule has 0 radical (unpaired) electrons. The monoisotopic (exact) mass is 386 g/mol. The van der Waals surface area contributed by atoms with Crippen LogP contribution in [-0.4, -0.2) is 43.7 Å². The van der Waals surface area contributed by atoms with Crippen molar-refractivity contribution in [2.24, 2.45) is 0 Å². The Morgan fingerprint density at radius 3 is 1.52 bits per heavy atom. The molecule has 25 heavy (non-hydrogen) atoms. The molecule has 2 unspecified atom stereocenters. The highest BCUT2D eigenvalue weighted by Crippen LogP contribution is 2.54. The van der Waals surface area contributed by atoms with Crippen LogP contribution in [0.5, 0.6) is 0 Å². The number of carbonyl (C=O) groups is 2. The SMILES string of the molecule is CCOC(=O)OC(C)OP(=O)(OC(C)OC(=O)OCC)OC(C)(C)C. The number of hydrogen-bond donors (Lipinski definition) is 0. The van der Waals surface area contributed by atoms with E-state index in [1.54, 1.807) is 34.6 Å². The molecule has 0 aliphatic carbocycles. The summed E-state index contributed by atoms with van der Waals surface area (Å²) >= 11 is 0. The van der Waals surface area contributed by atoms with E-state index in [0.717, 1.165) is 0 Å². The van der Waals surface area contributed by atoms with Gasteiger partial charge in [-0.15, -0.1) is 0 Å². The van der Waals surface area contributed by atoms with Gasteiger partial charge in [-0.25, -0.2) is 23.2 Å². The molecular weight excluding hydrogens is 359 g/mol. The van der Waals surface area contributed by atoms with Gasteiger partial charge in [0.05, 0.1) is 18.8 Å². The standard InChI is InChI=1S/C14H27O10P/c1-8-18-12(15)20-10(3)22-25(17,24-14(5,6)7)23-11(4)21-13(16)19-9-2/h10-11H,8-9H2,1-7H3. The minimum Gasteiger partial charge on any atom is -0.435 e. The van der Waals surface area contributed by atoms with Gasteiger partial charge in [-0.05, 0) is 48.5 Å². The van der Waals surface area contributed by atoms with Gasteiger partial charge in [-0.1, -0.05) is 0 Å². The van der Waals surface area contributed by atoms with Gasteiger partial charge in [0.25, 0.3) is 0 Å². The molecule has 0 bridgehead atoms. The molecular formula is C14H27O10P. The summed E-state index contributed by atoms with van der Waals surface area (Å²) in [5.74, 6) is 0. The van der Waals surface area contributed by atoms with E-state index in [9.17, 15) is 14.2 Å². The van der Waals surface area contributed by atoms with Crippen molar-refractivity contribution >= 4 is 20.1 Å². The van der Waals surface area contributed by atoms with Crippen LogP contribution in [0.3, 0.4) is 0 Å². The number of rotatable bonds is 9. The van der Waals surface area contributed by atoms with Crippen LogP contribution >= 0.6 is 7.82 Å². The van der Waals surface area contributed by atoms with E-state index in [-0.39, 0.29) is 13.2 Å². The maximum atomic E-state index is 12.8. The summed E-state index contributed by atoms with van der Waals surface area (Å²) in [5.41, 5.74) is -0.928. The molecule has 0 aromatic carbocycles. The maximum Gasteiger partial charge on any atom is 0.510 e. The van der Waals surface area contributed by atoms with Crippen LogP contribution in [0.15, 0.2) is 0 Å². The van der Waals surface area contributed by atoms with Gasteiger partial charge >= 0.3 is 20.1 Å². The van der Waals surface area contributed by atoms with Crippen LogP contribution < -0.4 is 0 Å². The Morgan fingerprint density at radius 2 is 1.24 bits per heavy atom. The van der Waals surface area contributed by atoms with Crippen molar-refractivity contribution in [3.8, 4) is 0 Å². The molecule has 0 amide bonds. The normalized spacial score (nSPS) is 16.3. The Morgan fingerprint density at radius 1 is 0.880 bits per heavy atom. The second-order valence-electron chi connectivity index (χ2n) is 5.60. The Labute approximate surface area is 147 Å². The quantitative estimate of drug-likeness (QED) is 0.327. The highest BCUT2D eigenvalue weighted by molar-refractivity contribution is 7.48. The molecule has 11 heteroatoms. The summed E-state index contributed by atoms with van der Waals surface area (Å²) < 4.78 is 47.0. The number of carbonyl (C=O) groups excluding carboxylic acids is 2. The molecule has 0 spiro atoms. The number of phosphoric ester groups is 1. The fourth-order valence-corrected chi connectivity index (χ4v) is 3.00. The Kier molecular flexibility index (Phi) is 10.0. The molecule has 0 rings (SSSR count). The first-order chi connectivity index (χ1) is 11.4. The van der Waals surface area contributed by atoms with E-state index in [4.69, 9.17) is 23.0 Å². The second kappa shape index (κ2) is 10.6. The molecule has 0 saturated carbocycles. The largest absolute Gasteiger partial charge is 0.510 e. The predicted molar refractivity (Wildman–Crippen MR) is 85.8 cm³/mol. The van der Waals surface area contributed by atoms with Crippen LogP contribution in [0.4, 0.5) is 9.59 Å². The number of ether oxygens (including phenoxy) is 4. The van der Waals surface area contributed by atoms with E-state index in [2.05, 4.69) is 9.47 Å². The smallest absolute Gasteiger partial charge is 0.435 e. The fourth-order valence-electron chi connectivity index (χ4n) is 1.38. The third-order valence-electron chi connectivity index (χ3n) is 1.99. The Balaban J connectivity index is 4.96. The van der Waals surface area contributed by atoms with Crippen molar-refractivity contribution < 1.29 is 46.7 Å².